The van der Waals surface area contributed by atoms with Crippen LogP contribution in [-0.2, 0) is 17.8 Å². The van der Waals surface area contributed by atoms with Crippen molar-refractivity contribution < 1.29 is 9.47 Å². The molecule has 3 heterocycles. The number of benzene rings is 1. The van der Waals surface area contributed by atoms with Gasteiger partial charge in [-0.1, -0.05) is 6.07 Å². The van der Waals surface area contributed by atoms with Crippen LogP contribution in [0.1, 0.15) is 37.8 Å². The van der Waals surface area contributed by atoms with E-state index in [4.69, 9.17) is 9.47 Å². The summed E-state index contributed by atoms with van der Waals surface area (Å²) in [6.45, 7) is 10.3. The summed E-state index contributed by atoms with van der Waals surface area (Å²) in [5.74, 6) is 3.70. The van der Waals surface area contributed by atoms with E-state index in [0.29, 0.717) is 12.2 Å². The summed E-state index contributed by atoms with van der Waals surface area (Å²) in [6, 6.07) is 7.56. The Morgan fingerprint density at radius 2 is 1.88 bits per heavy atom. The molecule has 0 aromatic heterocycles. The summed E-state index contributed by atoms with van der Waals surface area (Å²) in [7, 11) is 0. The monoisotopic (exact) mass is 376 g/mol. The fraction of sp³-hybridized carbons (Fsp3) is 0.714. The van der Waals surface area contributed by atoms with Gasteiger partial charge in [-0.25, -0.2) is 0 Å². The standard InChI is InChI=1S/C21H32N2O2S/c1-16-12-22(13-17(2)25-16)14-18-3-4-21-19(11-18)15-23(7-8-24-21)20-5-9-26-10-6-20/h3-4,11,16-17,20H,5-10,12-15H2,1-2H3/t16-,17+. The van der Waals surface area contributed by atoms with Crippen LogP contribution in [0.15, 0.2) is 18.2 Å². The van der Waals surface area contributed by atoms with Gasteiger partial charge < -0.3 is 9.47 Å². The normalized spacial score (nSPS) is 29.0. The van der Waals surface area contributed by atoms with E-state index in [1.807, 2.05) is 0 Å². The van der Waals surface area contributed by atoms with Gasteiger partial charge in [-0.2, -0.15) is 11.8 Å². The Kier molecular flexibility index (Phi) is 6.09. The lowest BCUT2D eigenvalue weighted by atomic mass is 10.1. The Morgan fingerprint density at radius 1 is 1.12 bits per heavy atom. The lowest BCUT2D eigenvalue weighted by molar-refractivity contribution is -0.0704. The quantitative estimate of drug-likeness (QED) is 0.805. The van der Waals surface area contributed by atoms with Gasteiger partial charge in [0.1, 0.15) is 12.4 Å². The molecule has 0 bridgehead atoms. The minimum absolute atomic E-state index is 0.322. The van der Waals surface area contributed by atoms with Crippen molar-refractivity contribution in [3.8, 4) is 5.75 Å². The van der Waals surface area contributed by atoms with Gasteiger partial charge in [0.2, 0.25) is 0 Å². The molecule has 0 unspecified atom stereocenters. The second-order valence-corrected chi connectivity index (χ2v) is 9.28. The van der Waals surface area contributed by atoms with Crippen molar-refractivity contribution in [2.45, 2.75) is 58.0 Å². The lowest BCUT2D eigenvalue weighted by Crippen LogP contribution is -2.44. The first kappa shape index (κ1) is 18.6. The topological polar surface area (TPSA) is 24.9 Å². The van der Waals surface area contributed by atoms with Crippen LogP contribution in [0.2, 0.25) is 0 Å². The van der Waals surface area contributed by atoms with Gasteiger partial charge in [0.15, 0.2) is 0 Å². The highest BCUT2D eigenvalue weighted by atomic mass is 32.2. The molecule has 5 heteroatoms. The van der Waals surface area contributed by atoms with E-state index in [1.165, 1.54) is 35.5 Å². The number of rotatable bonds is 3. The maximum absolute atomic E-state index is 6.07. The number of hydrogen-bond acceptors (Lipinski definition) is 5. The Morgan fingerprint density at radius 3 is 2.65 bits per heavy atom. The molecule has 2 saturated heterocycles. The number of ether oxygens (including phenoxy) is 2. The van der Waals surface area contributed by atoms with Crippen molar-refractivity contribution >= 4 is 11.8 Å². The molecule has 2 fully saturated rings. The van der Waals surface area contributed by atoms with Crippen LogP contribution in [0, 0.1) is 0 Å². The van der Waals surface area contributed by atoms with Crippen molar-refractivity contribution in [1.82, 2.24) is 9.80 Å². The minimum atomic E-state index is 0.322. The van der Waals surface area contributed by atoms with Crippen LogP contribution in [0.25, 0.3) is 0 Å². The van der Waals surface area contributed by atoms with Crippen molar-refractivity contribution in [3.63, 3.8) is 0 Å². The summed E-state index contributed by atoms with van der Waals surface area (Å²) in [4.78, 5) is 5.18. The first-order chi connectivity index (χ1) is 12.7. The van der Waals surface area contributed by atoms with E-state index < -0.39 is 0 Å². The molecule has 144 valence electrons. The maximum Gasteiger partial charge on any atom is 0.123 e. The van der Waals surface area contributed by atoms with E-state index in [0.717, 1.165) is 51.1 Å². The second kappa shape index (κ2) is 8.51. The average molecular weight is 377 g/mol. The number of thioether (sulfide) groups is 1. The molecule has 0 N–H and O–H groups in total. The van der Waals surface area contributed by atoms with Crippen LogP contribution < -0.4 is 4.74 Å². The predicted molar refractivity (Wildman–Crippen MR) is 108 cm³/mol. The maximum atomic E-state index is 6.07. The van der Waals surface area contributed by atoms with Crippen molar-refractivity contribution in [2.24, 2.45) is 0 Å². The summed E-state index contributed by atoms with van der Waals surface area (Å²) in [6.07, 6.45) is 3.29. The second-order valence-electron chi connectivity index (χ2n) is 8.06. The van der Waals surface area contributed by atoms with Crippen LogP contribution >= 0.6 is 11.8 Å². The minimum Gasteiger partial charge on any atom is -0.492 e. The van der Waals surface area contributed by atoms with Crippen molar-refractivity contribution in [1.29, 1.82) is 0 Å². The molecule has 0 amide bonds. The fourth-order valence-electron chi connectivity index (χ4n) is 4.60. The molecule has 2 atom stereocenters. The summed E-state index contributed by atoms with van der Waals surface area (Å²) < 4.78 is 11.9. The van der Waals surface area contributed by atoms with Gasteiger partial charge in [-0.15, -0.1) is 0 Å². The zero-order chi connectivity index (χ0) is 17.9. The summed E-state index contributed by atoms with van der Waals surface area (Å²) in [5.41, 5.74) is 2.77. The Labute approximate surface area is 162 Å². The molecule has 4 rings (SSSR count). The van der Waals surface area contributed by atoms with Crippen LogP contribution in [-0.4, -0.2) is 65.8 Å². The van der Waals surface area contributed by atoms with Crippen LogP contribution in [0.4, 0.5) is 0 Å². The largest absolute Gasteiger partial charge is 0.492 e. The van der Waals surface area contributed by atoms with Crippen molar-refractivity contribution in [3.05, 3.63) is 29.3 Å². The highest BCUT2D eigenvalue weighted by Crippen LogP contribution is 2.29. The first-order valence-corrected chi connectivity index (χ1v) is 11.3. The highest BCUT2D eigenvalue weighted by molar-refractivity contribution is 7.99. The van der Waals surface area contributed by atoms with E-state index in [-0.39, 0.29) is 0 Å². The van der Waals surface area contributed by atoms with E-state index in [2.05, 4.69) is 53.6 Å². The molecular formula is C21H32N2O2S. The molecule has 4 nitrogen and oxygen atoms in total. The highest BCUT2D eigenvalue weighted by Gasteiger charge is 2.26. The number of nitrogens with zero attached hydrogens (tertiary/aromatic N) is 2. The molecule has 1 aromatic rings. The number of fused-ring (bicyclic) bond motifs is 1. The van der Waals surface area contributed by atoms with Crippen LogP contribution in [0.5, 0.6) is 5.75 Å². The fourth-order valence-corrected chi connectivity index (χ4v) is 5.68. The van der Waals surface area contributed by atoms with Gasteiger partial charge in [-0.3, -0.25) is 9.80 Å². The predicted octanol–water partition coefficient (Wildman–Crippen LogP) is 3.39. The molecule has 3 aliphatic rings. The van der Waals surface area contributed by atoms with Gasteiger partial charge in [0.05, 0.1) is 12.2 Å². The third kappa shape index (κ3) is 4.56. The first-order valence-electron chi connectivity index (χ1n) is 10.1. The molecule has 1 aromatic carbocycles. The van der Waals surface area contributed by atoms with E-state index >= 15 is 0 Å². The van der Waals surface area contributed by atoms with Gasteiger partial charge in [0, 0.05) is 44.3 Å². The molecular weight excluding hydrogens is 344 g/mol. The molecule has 0 spiro atoms. The Balaban J connectivity index is 1.45. The number of morpholine rings is 1. The third-order valence-corrected chi connectivity index (χ3v) is 6.79. The molecule has 0 aliphatic carbocycles. The van der Waals surface area contributed by atoms with Gasteiger partial charge in [-0.05, 0) is 55.9 Å². The van der Waals surface area contributed by atoms with E-state index in [9.17, 15) is 0 Å². The zero-order valence-electron chi connectivity index (χ0n) is 16.2. The molecule has 0 saturated carbocycles. The van der Waals surface area contributed by atoms with Crippen LogP contribution in [0.3, 0.4) is 0 Å². The van der Waals surface area contributed by atoms with Crippen molar-refractivity contribution in [2.75, 3.05) is 37.7 Å². The summed E-state index contributed by atoms with van der Waals surface area (Å²) >= 11 is 2.10. The third-order valence-electron chi connectivity index (χ3n) is 5.74. The van der Waals surface area contributed by atoms with Gasteiger partial charge >= 0.3 is 0 Å². The average Bonchev–Trinajstić information content (AvgIpc) is 2.83. The molecule has 26 heavy (non-hydrogen) atoms. The molecule has 0 radical (unpaired) electrons. The lowest BCUT2D eigenvalue weighted by Gasteiger charge is -2.35. The van der Waals surface area contributed by atoms with Gasteiger partial charge in [0.25, 0.3) is 0 Å². The SMILES string of the molecule is C[C@@H]1CN(Cc2ccc3c(c2)CN(C2CCSCC2)CCO3)C[C@H](C)O1. The molecule has 3 aliphatic heterocycles. The number of hydrogen-bond donors (Lipinski definition) is 0. The Hall–Kier alpha value is -0.750. The Bertz CT molecular complexity index is 596. The smallest absolute Gasteiger partial charge is 0.123 e. The summed E-state index contributed by atoms with van der Waals surface area (Å²) in [5, 5.41) is 0. The zero-order valence-corrected chi connectivity index (χ0v) is 17.0. The van der Waals surface area contributed by atoms with E-state index in [1.54, 1.807) is 0 Å².